The summed E-state index contributed by atoms with van der Waals surface area (Å²) in [6, 6.07) is 3.38. The second kappa shape index (κ2) is 7.06. The van der Waals surface area contributed by atoms with Crippen molar-refractivity contribution in [1.29, 1.82) is 0 Å². The zero-order chi connectivity index (χ0) is 16.8. The first-order chi connectivity index (χ1) is 11.1. The SMILES string of the molecule is COc1cc(Nc2nnc(N=C(N)N)nn2)cc(OC)c1OC. The summed E-state index contributed by atoms with van der Waals surface area (Å²) in [7, 11) is 4.56. The molecule has 23 heavy (non-hydrogen) atoms. The summed E-state index contributed by atoms with van der Waals surface area (Å²) >= 11 is 0. The van der Waals surface area contributed by atoms with Crippen LogP contribution in [0.2, 0.25) is 0 Å². The highest BCUT2D eigenvalue weighted by Crippen LogP contribution is 2.40. The van der Waals surface area contributed by atoms with Crippen LogP contribution in [0.5, 0.6) is 17.2 Å². The Hall–Kier alpha value is -3.37. The first-order valence-corrected chi connectivity index (χ1v) is 6.31. The fraction of sp³-hybridized carbons (Fsp3) is 0.250. The highest BCUT2D eigenvalue weighted by atomic mass is 16.5. The minimum Gasteiger partial charge on any atom is -0.493 e. The number of hydrogen-bond donors (Lipinski definition) is 3. The first-order valence-electron chi connectivity index (χ1n) is 6.31. The first kappa shape index (κ1) is 16.0. The number of nitrogens with one attached hydrogen (secondary N) is 1. The molecule has 2 aromatic rings. The standard InChI is InChI=1S/C12H16N8O3/c1-21-7-4-6(5-8(22-2)9(7)23-3)15-11-17-19-12(20-18-11)16-10(13)14/h4-5H,1-3H3,(H,15,17,18)(H4,13,14,16,19,20). The number of nitrogens with two attached hydrogens (primary N) is 2. The maximum absolute atomic E-state index is 5.26. The van der Waals surface area contributed by atoms with Gasteiger partial charge in [0.25, 0.3) is 11.9 Å². The molecule has 0 aliphatic rings. The van der Waals surface area contributed by atoms with Crippen LogP contribution < -0.4 is 31.0 Å². The van der Waals surface area contributed by atoms with E-state index in [1.165, 1.54) is 21.3 Å². The van der Waals surface area contributed by atoms with Gasteiger partial charge in [0.1, 0.15) is 0 Å². The van der Waals surface area contributed by atoms with Gasteiger partial charge in [-0.15, -0.1) is 20.4 Å². The van der Waals surface area contributed by atoms with E-state index in [1.807, 2.05) is 0 Å². The smallest absolute Gasteiger partial charge is 0.291 e. The quantitative estimate of drug-likeness (QED) is 0.486. The summed E-state index contributed by atoms with van der Waals surface area (Å²) in [5.74, 6) is 1.36. The fourth-order valence-corrected chi connectivity index (χ4v) is 1.72. The average molecular weight is 320 g/mol. The second-order valence-electron chi connectivity index (χ2n) is 4.10. The van der Waals surface area contributed by atoms with Gasteiger partial charge in [0.05, 0.1) is 21.3 Å². The Balaban J connectivity index is 2.27. The summed E-state index contributed by atoms with van der Waals surface area (Å²) < 4.78 is 15.8. The van der Waals surface area contributed by atoms with Crippen LogP contribution in [0.3, 0.4) is 0 Å². The molecular formula is C12H16N8O3. The molecule has 5 N–H and O–H groups in total. The van der Waals surface area contributed by atoms with E-state index in [0.717, 1.165) is 0 Å². The second-order valence-corrected chi connectivity index (χ2v) is 4.10. The van der Waals surface area contributed by atoms with Crippen LogP contribution in [-0.4, -0.2) is 47.7 Å². The van der Waals surface area contributed by atoms with E-state index in [-0.39, 0.29) is 17.9 Å². The Morgan fingerprint density at radius 3 is 1.96 bits per heavy atom. The molecule has 0 saturated carbocycles. The minimum absolute atomic E-state index is 0.0413. The van der Waals surface area contributed by atoms with Gasteiger partial charge in [0, 0.05) is 17.8 Å². The van der Waals surface area contributed by atoms with Crippen molar-refractivity contribution >= 4 is 23.5 Å². The lowest BCUT2D eigenvalue weighted by Crippen LogP contribution is -2.22. The molecule has 1 aromatic heterocycles. The number of ether oxygens (including phenoxy) is 3. The van der Waals surface area contributed by atoms with E-state index >= 15 is 0 Å². The van der Waals surface area contributed by atoms with Gasteiger partial charge < -0.3 is 31.0 Å². The van der Waals surface area contributed by atoms with Crippen LogP contribution in [0.25, 0.3) is 0 Å². The molecule has 1 heterocycles. The number of methoxy groups -OCH3 is 3. The van der Waals surface area contributed by atoms with Crippen molar-refractivity contribution < 1.29 is 14.2 Å². The van der Waals surface area contributed by atoms with Crippen molar-refractivity contribution in [1.82, 2.24) is 20.4 Å². The average Bonchev–Trinajstić information content (AvgIpc) is 2.55. The van der Waals surface area contributed by atoms with Crippen LogP contribution in [0, 0.1) is 0 Å². The molecule has 11 nitrogen and oxygen atoms in total. The monoisotopic (exact) mass is 320 g/mol. The van der Waals surface area contributed by atoms with Gasteiger partial charge in [-0.05, 0) is 0 Å². The van der Waals surface area contributed by atoms with E-state index in [1.54, 1.807) is 12.1 Å². The van der Waals surface area contributed by atoms with Crippen LogP contribution in [0.15, 0.2) is 17.1 Å². The van der Waals surface area contributed by atoms with Gasteiger partial charge in [-0.25, -0.2) is 0 Å². The van der Waals surface area contributed by atoms with Crippen molar-refractivity contribution in [3.05, 3.63) is 12.1 Å². The van der Waals surface area contributed by atoms with Gasteiger partial charge in [0.15, 0.2) is 17.5 Å². The van der Waals surface area contributed by atoms with Gasteiger partial charge in [-0.1, -0.05) is 0 Å². The summed E-state index contributed by atoms with van der Waals surface area (Å²) in [6.45, 7) is 0. The van der Waals surface area contributed by atoms with Gasteiger partial charge in [0.2, 0.25) is 5.75 Å². The third kappa shape index (κ3) is 3.84. The Labute approximate surface area is 131 Å². The number of nitrogens with zero attached hydrogens (tertiary/aromatic N) is 5. The Bertz CT molecular complexity index is 675. The molecule has 0 spiro atoms. The molecule has 122 valence electrons. The molecule has 0 aliphatic heterocycles. The Kier molecular flexibility index (Phi) is 4.92. The Morgan fingerprint density at radius 1 is 0.957 bits per heavy atom. The summed E-state index contributed by atoms with van der Waals surface area (Å²) in [6.07, 6.45) is 0. The molecule has 0 saturated heterocycles. The maximum Gasteiger partial charge on any atom is 0.291 e. The Morgan fingerprint density at radius 2 is 1.52 bits per heavy atom. The molecule has 2 rings (SSSR count). The van der Waals surface area contributed by atoms with E-state index < -0.39 is 0 Å². The van der Waals surface area contributed by atoms with Gasteiger partial charge >= 0.3 is 0 Å². The lowest BCUT2D eigenvalue weighted by Gasteiger charge is -2.14. The lowest BCUT2D eigenvalue weighted by molar-refractivity contribution is 0.324. The highest BCUT2D eigenvalue weighted by Gasteiger charge is 2.14. The number of benzene rings is 1. The predicted octanol–water partition coefficient (Wildman–Crippen LogP) is -0.0591. The van der Waals surface area contributed by atoms with E-state index in [2.05, 4.69) is 30.7 Å². The topological polar surface area (TPSA) is 156 Å². The van der Waals surface area contributed by atoms with Crippen molar-refractivity contribution in [2.75, 3.05) is 26.6 Å². The van der Waals surface area contributed by atoms with E-state index in [9.17, 15) is 0 Å². The number of anilines is 2. The minimum atomic E-state index is -0.182. The lowest BCUT2D eigenvalue weighted by atomic mass is 10.2. The number of aliphatic imine (C=N–C) groups is 1. The zero-order valence-corrected chi connectivity index (χ0v) is 12.8. The maximum atomic E-state index is 5.26. The molecule has 0 radical (unpaired) electrons. The summed E-state index contributed by atoms with van der Waals surface area (Å²) in [5.41, 5.74) is 11.0. The van der Waals surface area contributed by atoms with Crippen LogP contribution in [0.1, 0.15) is 0 Å². The van der Waals surface area contributed by atoms with Crippen molar-refractivity contribution in [2.45, 2.75) is 0 Å². The summed E-state index contributed by atoms with van der Waals surface area (Å²) in [4.78, 5) is 3.63. The molecular weight excluding hydrogens is 304 g/mol. The van der Waals surface area contributed by atoms with Gasteiger partial charge in [-0.2, -0.15) is 4.99 Å². The molecule has 0 atom stereocenters. The predicted molar refractivity (Wildman–Crippen MR) is 82.5 cm³/mol. The van der Waals surface area contributed by atoms with Crippen LogP contribution >= 0.6 is 0 Å². The molecule has 0 fully saturated rings. The molecule has 0 aliphatic carbocycles. The molecule has 1 aromatic carbocycles. The fourth-order valence-electron chi connectivity index (χ4n) is 1.72. The number of rotatable bonds is 6. The van der Waals surface area contributed by atoms with E-state index in [0.29, 0.717) is 22.9 Å². The molecule has 0 bridgehead atoms. The number of guanidine groups is 1. The van der Waals surface area contributed by atoms with Gasteiger partial charge in [-0.3, -0.25) is 0 Å². The number of hydrogen-bond acceptors (Lipinski definition) is 9. The third-order valence-electron chi connectivity index (χ3n) is 2.62. The molecule has 0 unspecified atom stereocenters. The molecule has 0 amide bonds. The van der Waals surface area contributed by atoms with Crippen molar-refractivity contribution in [2.24, 2.45) is 16.5 Å². The normalized spacial score (nSPS) is 9.87. The third-order valence-corrected chi connectivity index (χ3v) is 2.62. The van der Waals surface area contributed by atoms with Crippen molar-refractivity contribution in [3.63, 3.8) is 0 Å². The van der Waals surface area contributed by atoms with Crippen molar-refractivity contribution in [3.8, 4) is 17.2 Å². The zero-order valence-electron chi connectivity index (χ0n) is 12.8. The van der Waals surface area contributed by atoms with E-state index in [4.69, 9.17) is 25.7 Å². The largest absolute Gasteiger partial charge is 0.493 e. The number of aromatic nitrogens is 4. The molecule has 11 heteroatoms. The summed E-state index contributed by atoms with van der Waals surface area (Å²) in [5, 5.41) is 18.0. The highest BCUT2D eigenvalue weighted by molar-refractivity contribution is 5.77. The van der Waals surface area contributed by atoms with Crippen LogP contribution in [-0.2, 0) is 0 Å². The van der Waals surface area contributed by atoms with Crippen LogP contribution in [0.4, 0.5) is 17.6 Å².